The Morgan fingerprint density at radius 3 is 2.76 bits per heavy atom. The van der Waals surface area contributed by atoms with Crippen molar-refractivity contribution in [2.24, 2.45) is 0 Å². The molecular formula is C13H13FO3. The fraction of sp³-hybridized carbons (Fsp3) is 0.308. The molecule has 0 unspecified atom stereocenters. The summed E-state index contributed by atoms with van der Waals surface area (Å²) in [4.78, 5) is 10.9. The lowest BCUT2D eigenvalue weighted by atomic mass is 10.0. The van der Waals surface area contributed by atoms with Crippen LogP contribution in [0.1, 0.15) is 29.8 Å². The van der Waals surface area contributed by atoms with Gasteiger partial charge in [-0.2, -0.15) is 0 Å². The van der Waals surface area contributed by atoms with Gasteiger partial charge in [-0.05, 0) is 17.7 Å². The topological polar surface area (TPSA) is 35.5 Å². The van der Waals surface area contributed by atoms with Crippen molar-refractivity contribution in [1.29, 1.82) is 0 Å². The first-order valence-electron chi connectivity index (χ1n) is 5.28. The van der Waals surface area contributed by atoms with E-state index in [4.69, 9.17) is 9.47 Å². The van der Waals surface area contributed by atoms with E-state index in [1.807, 2.05) is 0 Å². The van der Waals surface area contributed by atoms with Gasteiger partial charge in [0.15, 0.2) is 6.29 Å². The summed E-state index contributed by atoms with van der Waals surface area (Å²) in [6.07, 6.45) is 2.18. The Hall–Kier alpha value is -1.68. The molecule has 2 rings (SSSR count). The van der Waals surface area contributed by atoms with Crippen LogP contribution in [0.4, 0.5) is 4.39 Å². The molecule has 0 fully saturated rings. The molecule has 0 spiro atoms. The van der Waals surface area contributed by atoms with E-state index in [9.17, 15) is 9.18 Å². The molecule has 1 heterocycles. The summed E-state index contributed by atoms with van der Waals surface area (Å²) in [5.74, 6) is -1.10. The van der Waals surface area contributed by atoms with Gasteiger partial charge in [-0.15, -0.1) is 0 Å². The van der Waals surface area contributed by atoms with Crippen LogP contribution in [0, 0.1) is 5.82 Å². The average Bonchev–Trinajstić information content (AvgIpc) is 2.29. The van der Waals surface area contributed by atoms with E-state index < -0.39 is 11.6 Å². The summed E-state index contributed by atoms with van der Waals surface area (Å²) in [6, 6.07) is 4.06. The minimum absolute atomic E-state index is 0.295. The Labute approximate surface area is 98.8 Å². The van der Waals surface area contributed by atoms with Crippen LogP contribution >= 0.6 is 0 Å². The first kappa shape index (κ1) is 11.8. The maximum absolute atomic E-state index is 13.0. The monoisotopic (exact) mass is 236 g/mol. The summed E-state index contributed by atoms with van der Waals surface area (Å²) < 4.78 is 23.8. The molecule has 1 aromatic rings. The molecule has 1 aliphatic heterocycles. The largest absolute Gasteiger partial charge is 0.470 e. The maximum atomic E-state index is 13.0. The van der Waals surface area contributed by atoms with Crippen LogP contribution in [0.3, 0.4) is 0 Å². The zero-order valence-corrected chi connectivity index (χ0v) is 9.70. The predicted molar refractivity (Wildman–Crippen MR) is 60.9 cm³/mol. The predicted octanol–water partition coefficient (Wildman–Crippen LogP) is 2.76. The lowest BCUT2D eigenvalue weighted by Gasteiger charge is -2.30. The molecule has 0 bridgehead atoms. The second-order valence-corrected chi connectivity index (χ2v) is 4.30. The number of benzene rings is 1. The average molecular weight is 236 g/mol. The lowest BCUT2D eigenvalue weighted by Crippen LogP contribution is -2.30. The Morgan fingerprint density at radius 2 is 2.18 bits per heavy atom. The zero-order chi connectivity index (χ0) is 12.5. The highest BCUT2D eigenvalue weighted by molar-refractivity contribution is 5.85. The molecule has 1 aromatic carbocycles. The number of ether oxygens (including phenoxy) is 2. The normalized spacial score (nSPS) is 18.2. The van der Waals surface area contributed by atoms with Gasteiger partial charge in [0, 0.05) is 25.0 Å². The van der Waals surface area contributed by atoms with Gasteiger partial charge < -0.3 is 9.47 Å². The first-order valence-corrected chi connectivity index (χ1v) is 5.28. The molecule has 0 saturated heterocycles. The van der Waals surface area contributed by atoms with Crippen LogP contribution in [-0.2, 0) is 9.47 Å². The van der Waals surface area contributed by atoms with Crippen molar-refractivity contribution >= 4 is 11.9 Å². The van der Waals surface area contributed by atoms with Crippen molar-refractivity contribution in [2.75, 3.05) is 6.61 Å². The van der Waals surface area contributed by atoms with E-state index in [2.05, 4.69) is 0 Å². The third-order valence-corrected chi connectivity index (χ3v) is 2.55. The summed E-state index contributed by atoms with van der Waals surface area (Å²) in [5.41, 5.74) is 1.66. The molecule has 90 valence electrons. The number of carbonyl (C=O) groups excluding carboxylic acids is 1. The molecule has 0 aromatic heterocycles. The van der Waals surface area contributed by atoms with Crippen LogP contribution in [0.5, 0.6) is 0 Å². The quantitative estimate of drug-likeness (QED) is 0.741. The summed E-state index contributed by atoms with van der Waals surface area (Å²) in [5, 5.41) is 0. The Balaban J connectivity index is 2.35. The van der Waals surface area contributed by atoms with Crippen molar-refractivity contribution in [3.63, 3.8) is 0 Å². The van der Waals surface area contributed by atoms with Crippen molar-refractivity contribution in [1.82, 2.24) is 0 Å². The van der Waals surface area contributed by atoms with Crippen LogP contribution in [0.15, 0.2) is 24.5 Å². The highest BCUT2D eigenvalue weighted by Gasteiger charge is 2.24. The van der Waals surface area contributed by atoms with Gasteiger partial charge in [0.25, 0.3) is 0 Å². The van der Waals surface area contributed by atoms with E-state index in [1.165, 1.54) is 12.1 Å². The third-order valence-electron chi connectivity index (χ3n) is 2.55. The van der Waals surface area contributed by atoms with E-state index in [0.717, 1.165) is 5.57 Å². The van der Waals surface area contributed by atoms with Crippen LogP contribution in [0.2, 0.25) is 0 Å². The summed E-state index contributed by atoms with van der Waals surface area (Å²) >= 11 is 0. The number of hydrogen-bond acceptors (Lipinski definition) is 3. The molecule has 4 heteroatoms. The highest BCUT2D eigenvalue weighted by Crippen LogP contribution is 2.27. The second kappa shape index (κ2) is 4.30. The maximum Gasteiger partial charge on any atom is 0.204 e. The smallest absolute Gasteiger partial charge is 0.204 e. The molecule has 17 heavy (non-hydrogen) atoms. The molecule has 0 amide bonds. The molecule has 0 radical (unpaired) electrons. The minimum Gasteiger partial charge on any atom is -0.470 e. The minimum atomic E-state index is -0.662. The van der Waals surface area contributed by atoms with E-state index in [-0.39, 0.29) is 0 Å². The third kappa shape index (κ3) is 2.53. The SMILES string of the molecule is CC1(C)OC=C(c2ccc(F)cc2C=O)CO1. The van der Waals surface area contributed by atoms with Gasteiger partial charge in [0.1, 0.15) is 5.82 Å². The van der Waals surface area contributed by atoms with Crippen molar-refractivity contribution in [2.45, 2.75) is 19.6 Å². The molecule has 3 nitrogen and oxygen atoms in total. The number of hydrogen-bond donors (Lipinski definition) is 0. The molecule has 0 aliphatic carbocycles. The molecule has 1 aliphatic rings. The van der Waals surface area contributed by atoms with Gasteiger partial charge in [0.05, 0.1) is 12.9 Å². The second-order valence-electron chi connectivity index (χ2n) is 4.30. The fourth-order valence-electron chi connectivity index (χ4n) is 1.60. The lowest BCUT2D eigenvalue weighted by molar-refractivity contribution is -0.182. The highest BCUT2D eigenvalue weighted by atomic mass is 19.1. The van der Waals surface area contributed by atoms with Gasteiger partial charge in [-0.1, -0.05) is 6.07 Å². The van der Waals surface area contributed by atoms with Crippen LogP contribution in [0.25, 0.3) is 5.57 Å². The zero-order valence-electron chi connectivity index (χ0n) is 9.70. The first-order chi connectivity index (χ1) is 8.02. The Bertz CT molecular complexity index is 478. The van der Waals surface area contributed by atoms with Crippen LogP contribution in [-0.4, -0.2) is 18.7 Å². The van der Waals surface area contributed by atoms with Gasteiger partial charge in [0.2, 0.25) is 5.79 Å². The molecule has 0 N–H and O–H groups in total. The van der Waals surface area contributed by atoms with E-state index >= 15 is 0 Å². The number of aldehydes is 1. The van der Waals surface area contributed by atoms with Gasteiger partial charge in [-0.25, -0.2) is 4.39 Å². The van der Waals surface area contributed by atoms with Gasteiger partial charge in [-0.3, -0.25) is 4.79 Å². The van der Waals surface area contributed by atoms with Crippen LogP contribution < -0.4 is 0 Å². The number of rotatable bonds is 2. The molecule has 0 atom stereocenters. The van der Waals surface area contributed by atoms with E-state index in [1.54, 1.807) is 26.2 Å². The van der Waals surface area contributed by atoms with Gasteiger partial charge >= 0.3 is 0 Å². The summed E-state index contributed by atoms with van der Waals surface area (Å²) in [7, 11) is 0. The number of halogens is 1. The standard InChI is InChI=1S/C13H13FO3/c1-13(2)16-7-10(8-17-13)12-4-3-11(14)5-9(12)6-15/h3-7H,8H2,1-2H3. The van der Waals surface area contributed by atoms with Crippen molar-refractivity contribution in [3.8, 4) is 0 Å². The van der Waals surface area contributed by atoms with Crippen molar-refractivity contribution < 1.29 is 18.7 Å². The number of carbonyl (C=O) groups is 1. The molecule has 0 saturated carbocycles. The fourth-order valence-corrected chi connectivity index (χ4v) is 1.60. The summed E-state index contributed by atoms with van der Waals surface area (Å²) in [6.45, 7) is 3.93. The Kier molecular flexibility index (Phi) is 2.98. The Morgan fingerprint density at radius 1 is 1.41 bits per heavy atom. The van der Waals surface area contributed by atoms with Crippen molar-refractivity contribution in [3.05, 3.63) is 41.4 Å². The molecular weight excluding hydrogens is 223 g/mol. The van der Waals surface area contributed by atoms with E-state index in [0.29, 0.717) is 24.0 Å².